The molecule has 2 saturated heterocycles. The third kappa shape index (κ3) is 3.53. The highest BCUT2D eigenvalue weighted by molar-refractivity contribution is 5.90. The van der Waals surface area contributed by atoms with E-state index in [0.717, 1.165) is 0 Å². The van der Waals surface area contributed by atoms with Gasteiger partial charge in [-0.15, -0.1) is 0 Å². The Hall–Kier alpha value is -2.10. The molecule has 134 valence electrons. The SMILES string of the molecule is C=C(C(=O)OCC(=O)OC1OC2C(C)OC(=O)C2C1C)C(F)(F)F. The van der Waals surface area contributed by atoms with E-state index in [4.69, 9.17) is 14.2 Å². The zero-order valence-corrected chi connectivity index (χ0v) is 12.8. The van der Waals surface area contributed by atoms with Gasteiger partial charge < -0.3 is 18.9 Å². The number of hydrogen-bond donors (Lipinski definition) is 0. The van der Waals surface area contributed by atoms with E-state index in [1.54, 1.807) is 13.8 Å². The van der Waals surface area contributed by atoms with Crippen LogP contribution >= 0.6 is 0 Å². The van der Waals surface area contributed by atoms with Crippen LogP contribution in [0.4, 0.5) is 13.2 Å². The molecule has 2 rings (SSSR count). The lowest BCUT2D eigenvalue weighted by Crippen LogP contribution is -2.30. The molecule has 7 nitrogen and oxygen atoms in total. The lowest BCUT2D eigenvalue weighted by molar-refractivity contribution is -0.193. The van der Waals surface area contributed by atoms with Crippen LogP contribution in [0.15, 0.2) is 12.2 Å². The number of fused-ring (bicyclic) bond motifs is 1. The Morgan fingerprint density at radius 1 is 1.29 bits per heavy atom. The van der Waals surface area contributed by atoms with Gasteiger partial charge in [0.05, 0.1) is 5.92 Å². The predicted molar refractivity (Wildman–Crippen MR) is 69.1 cm³/mol. The molecule has 0 spiro atoms. The highest BCUT2D eigenvalue weighted by atomic mass is 19.4. The van der Waals surface area contributed by atoms with Crippen LogP contribution in [0.3, 0.4) is 0 Å². The van der Waals surface area contributed by atoms with E-state index in [9.17, 15) is 27.6 Å². The molecule has 2 aliphatic rings. The first-order chi connectivity index (χ1) is 11.0. The van der Waals surface area contributed by atoms with Crippen LogP contribution in [0, 0.1) is 11.8 Å². The Morgan fingerprint density at radius 3 is 2.46 bits per heavy atom. The van der Waals surface area contributed by atoms with Crippen molar-refractivity contribution in [2.75, 3.05) is 6.61 Å². The van der Waals surface area contributed by atoms with Crippen LogP contribution < -0.4 is 0 Å². The van der Waals surface area contributed by atoms with E-state index < -0.39 is 66.6 Å². The van der Waals surface area contributed by atoms with E-state index in [1.807, 2.05) is 0 Å². The normalized spacial score (nSPS) is 32.0. The number of carbonyl (C=O) groups is 3. The van der Waals surface area contributed by atoms with Crippen LogP contribution in [0.25, 0.3) is 0 Å². The van der Waals surface area contributed by atoms with Crippen molar-refractivity contribution in [2.45, 2.75) is 38.5 Å². The van der Waals surface area contributed by atoms with Gasteiger partial charge in [-0.2, -0.15) is 13.2 Å². The Labute approximate surface area is 134 Å². The number of esters is 3. The molecule has 10 heteroatoms. The predicted octanol–water partition coefficient (Wildman–Crippen LogP) is 1.11. The number of alkyl halides is 3. The highest BCUT2D eigenvalue weighted by Crippen LogP contribution is 2.40. The maximum absolute atomic E-state index is 12.2. The highest BCUT2D eigenvalue weighted by Gasteiger charge is 2.56. The third-order valence-electron chi connectivity index (χ3n) is 3.84. The fourth-order valence-electron chi connectivity index (χ4n) is 2.54. The smallest absolute Gasteiger partial charge is 0.422 e. The molecule has 0 radical (unpaired) electrons. The van der Waals surface area contributed by atoms with Gasteiger partial charge in [-0.3, -0.25) is 4.79 Å². The number of rotatable bonds is 4. The molecule has 2 fully saturated rings. The van der Waals surface area contributed by atoms with Crippen LogP contribution in [-0.4, -0.2) is 49.2 Å². The quantitative estimate of drug-likeness (QED) is 0.425. The number of halogens is 3. The van der Waals surface area contributed by atoms with Crippen molar-refractivity contribution in [3.63, 3.8) is 0 Å². The molecule has 0 bridgehead atoms. The summed E-state index contributed by atoms with van der Waals surface area (Å²) >= 11 is 0. The zero-order valence-electron chi connectivity index (χ0n) is 12.8. The molecule has 24 heavy (non-hydrogen) atoms. The second-order valence-electron chi connectivity index (χ2n) is 5.54. The van der Waals surface area contributed by atoms with E-state index in [0.29, 0.717) is 0 Å². The van der Waals surface area contributed by atoms with Gasteiger partial charge in [-0.05, 0) is 6.92 Å². The summed E-state index contributed by atoms with van der Waals surface area (Å²) in [5.74, 6) is -4.43. The van der Waals surface area contributed by atoms with Crippen molar-refractivity contribution in [3.05, 3.63) is 12.2 Å². The van der Waals surface area contributed by atoms with Crippen molar-refractivity contribution in [3.8, 4) is 0 Å². The molecule has 0 saturated carbocycles. The Kier molecular flexibility index (Phi) is 4.88. The van der Waals surface area contributed by atoms with E-state index >= 15 is 0 Å². The molecule has 2 heterocycles. The number of carbonyl (C=O) groups excluding carboxylic acids is 3. The molecule has 0 aromatic carbocycles. The number of hydrogen-bond acceptors (Lipinski definition) is 7. The fraction of sp³-hybridized carbons (Fsp3) is 0.643. The first-order valence-electron chi connectivity index (χ1n) is 7.01. The second-order valence-corrected chi connectivity index (χ2v) is 5.54. The summed E-state index contributed by atoms with van der Waals surface area (Å²) in [5, 5.41) is 0. The van der Waals surface area contributed by atoms with Crippen LogP contribution in [-0.2, 0) is 33.3 Å². The average Bonchev–Trinajstić information content (AvgIpc) is 2.93. The maximum Gasteiger partial charge on any atom is 0.422 e. The molecular formula is C14H15F3O7. The zero-order chi connectivity index (χ0) is 18.2. The summed E-state index contributed by atoms with van der Waals surface area (Å²) in [6.07, 6.45) is -7.09. The van der Waals surface area contributed by atoms with Gasteiger partial charge in [0.15, 0.2) is 6.61 Å². The van der Waals surface area contributed by atoms with Crippen molar-refractivity contribution in [1.29, 1.82) is 0 Å². The Morgan fingerprint density at radius 2 is 1.92 bits per heavy atom. The second kappa shape index (κ2) is 6.42. The fourth-order valence-corrected chi connectivity index (χ4v) is 2.54. The van der Waals surface area contributed by atoms with Gasteiger partial charge in [0, 0.05) is 5.92 Å². The molecule has 0 aromatic rings. The molecule has 0 aromatic heterocycles. The summed E-state index contributed by atoms with van der Waals surface area (Å²) in [6, 6.07) is 0. The van der Waals surface area contributed by atoms with Crippen molar-refractivity contribution >= 4 is 17.9 Å². The van der Waals surface area contributed by atoms with E-state index in [2.05, 4.69) is 11.3 Å². The van der Waals surface area contributed by atoms with Crippen molar-refractivity contribution < 1.29 is 46.5 Å². The van der Waals surface area contributed by atoms with Gasteiger partial charge in [-0.1, -0.05) is 13.5 Å². The van der Waals surface area contributed by atoms with E-state index in [1.165, 1.54) is 0 Å². The van der Waals surface area contributed by atoms with Gasteiger partial charge in [0.1, 0.15) is 17.8 Å². The molecular weight excluding hydrogens is 337 g/mol. The summed E-state index contributed by atoms with van der Waals surface area (Å²) in [5.41, 5.74) is -1.73. The minimum Gasteiger partial charge on any atom is -0.460 e. The minimum absolute atomic E-state index is 0.466. The summed E-state index contributed by atoms with van der Waals surface area (Å²) in [4.78, 5) is 34.4. The lowest BCUT2D eigenvalue weighted by atomic mass is 9.92. The summed E-state index contributed by atoms with van der Waals surface area (Å²) in [7, 11) is 0. The standard InChI is InChI=1S/C14H15F3O7/c1-5-9-10(7(3)22-12(9)20)24-13(5)23-8(18)4-21-11(19)6(2)14(15,16)17/h5,7,9-10,13H,2,4H2,1,3H3. The Bertz CT molecular complexity index is 571. The van der Waals surface area contributed by atoms with Gasteiger partial charge >= 0.3 is 24.1 Å². The average molecular weight is 352 g/mol. The first-order valence-corrected chi connectivity index (χ1v) is 7.01. The topological polar surface area (TPSA) is 88.1 Å². The lowest BCUT2D eigenvalue weighted by Gasteiger charge is -2.19. The van der Waals surface area contributed by atoms with Crippen LogP contribution in [0.5, 0.6) is 0 Å². The van der Waals surface area contributed by atoms with Crippen LogP contribution in [0.1, 0.15) is 13.8 Å². The van der Waals surface area contributed by atoms with Gasteiger partial charge in [-0.25, -0.2) is 9.59 Å². The van der Waals surface area contributed by atoms with Crippen molar-refractivity contribution in [1.82, 2.24) is 0 Å². The van der Waals surface area contributed by atoms with Gasteiger partial charge in [0.25, 0.3) is 0 Å². The molecule has 0 amide bonds. The monoisotopic (exact) mass is 352 g/mol. The molecule has 0 aliphatic carbocycles. The number of cyclic esters (lactones) is 1. The third-order valence-corrected chi connectivity index (χ3v) is 3.84. The van der Waals surface area contributed by atoms with Gasteiger partial charge in [0.2, 0.25) is 6.29 Å². The number of ether oxygens (including phenoxy) is 4. The Balaban J connectivity index is 1.85. The molecule has 5 unspecified atom stereocenters. The van der Waals surface area contributed by atoms with Crippen molar-refractivity contribution in [2.24, 2.45) is 11.8 Å². The summed E-state index contributed by atoms with van der Waals surface area (Å²) < 4.78 is 56.2. The largest absolute Gasteiger partial charge is 0.460 e. The summed E-state index contributed by atoms with van der Waals surface area (Å²) in [6.45, 7) is 4.75. The molecule has 5 atom stereocenters. The molecule has 0 N–H and O–H groups in total. The maximum atomic E-state index is 12.2. The molecule has 2 aliphatic heterocycles. The minimum atomic E-state index is -4.95. The van der Waals surface area contributed by atoms with Crippen LogP contribution in [0.2, 0.25) is 0 Å². The van der Waals surface area contributed by atoms with E-state index in [-0.39, 0.29) is 0 Å². The first kappa shape index (κ1) is 18.2.